The third-order valence-electron chi connectivity index (χ3n) is 7.64. The van der Waals surface area contributed by atoms with Crippen LogP contribution < -0.4 is 0 Å². The van der Waals surface area contributed by atoms with E-state index in [0.717, 1.165) is 11.3 Å². The van der Waals surface area contributed by atoms with Crippen molar-refractivity contribution in [3.05, 3.63) is 126 Å². The van der Waals surface area contributed by atoms with Crippen LogP contribution in [0.4, 0.5) is 13.2 Å². The molecule has 4 nitrogen and oxygen atoms in total. The Kier molecular flexibility index (Phi) is 10.0. The Bertz CT molecular complexity index is 2150. The van der Waals surface area contributed by atoms with Gasteiger partial charge in [0.15, 0.2) is 15.0 Å². The van der Waals surface area contributed by atoms with E-state index in [4.69, 9.17) is 13.0 Å². The number of benzene rings is 6. The van der Waals surface area contributed by atoms with E-state index in [1.165, 1.54) is 72.5 Å². The molecule has 0 aliphatic carbocycles. The van der Waals surface area contributed by atoms with Crippen LogP contribution >= 0.6 is 0 Å². The number of rotatable bonds is 7. The molecule has 234 valence electrons. The Morgan fingerprint density at radius 1 is 0.761 bits per heavy atom. The predicted octanol–water partition coefficient (Wildman–Crippen LogP) is 9.71. The summed E-state index contributed by atoms with van der Waals surface area (Å²) in [6, 6.07) is 44.1. The van der Waals surface area contributed by atoms with Crippen molar-refractivity contribution in [1.82, 2.24) is 0 Å². The summed E-state index contributed by atoms with van der Waals surface area (Å²) in [4.78, 5) is 1.42. The zero-order valence-corrected chi connectivity index (χ0v) is 26.6. The van der Waals surface area contributed by atoms with Crippen LogP contribution in [0.15, 0.2) is 120 Å². The van der Waals surface area contributed by atoms with Crippen molar-refractivity contribution < 1.29 is 26.1 Å². The standard InChI is InChI=1S/C36H30NS.CHF3O3S/c1-2-3-19-38(25-27-17-15-26(24-37)16-18-27)33-13-8-12-31(22-33)36-34-14-7-6-11-30(34)21-32-20-28-9-4-5-10-29(28)23-35(32)36;2-1(3,4)8(5,6)7/h4-18,20-23H,2-3,19,25H2,1H3;(H,5,6,7)/q+1;/p-1. The van der Waals surface area contributed by atoms with E-state index < -0.39 is 15.6 Å². The zero-order valence-electron chi connectivity index (χ0n) is 24.9. The second-order valence-electron chi connectivity index (χ2n) is 10.8. The molecule has 0 aliphatic rings. The lowest BCUT2D eigenvalue weighted by Gasteiger charge is -2.15. The number of nitrogens with zero attached hydrogens (tertiary/aromatic N) is 1. The van der Waals surface area contributed by atoms with Gasteiger partial charge in [0.25, 0.3) is 0 Å². The lowest BCUT2D eigenvalue weighted by Crippen LogP contribution is -2.21. The molecule has 0 amide bonds. The van der Waals surface area contributed by atoms with Crippen LogP contribution in [0.5, 0.6) is 0 Å². The minimum atomic E-state index is -6.09. The van der Waals surface area contributed by atoms with Gasteiger partial charge in [-0.3, -0.25) is 0 Å². The van der Waals surface area contributed by atoms with Crippen LogP contribution in [0.25, 0.3) is 43.4 Å². The largest absolute Gasteiger partial charge is 0.741 e. The lowest BCUT2D eigenvalue weighted by atomic mass is 9.90. The molecule has 0 aliphatic heterocycles. The van der Waals surface area contributed by atoms with Gasteiger partial charge in [-0.1, -0.05) is 86.1 Å². The average Bonchev–Trinajstić information content (AvgIpc) is 3.04. The molecule has 0 saturated carbocycles. The molecular formula is C37H30F3NO3S2. The maximum atomic E-state index is 10.7. The number of halogens is 3. The molecule has 0 fully saturated rings. The normalized spacial score (nSPS) is 12.4. The highest BCUT2D eigenvalue weighted by atomic mass is 32.2. The van der Waals surface area contributed by atoms with Crippen LogP contribution in [0.3, 0.4) is 0 Å². The van der Waals surface area contributed by atoms with Crippen LogP contribution in [-0.2, 0) is 26.8 Å². The molecule has 1 atom stereocenters. The molecule has 0 aromatic heterocycles. The topological polar surface area (TPSA) is 81.0 Å². The summed E-state index contributed by atoms with van der Waals surface area (Å²) >= 11 is 0. The van der Waals surface area contributed by atoms with Gasteiger partial charge >= 0.3 is 5.51 Å². The fourth-order valence-electron chi connectivity index (χ4n) is 5.37. The summed E-state index contributed by atoms with van der Waals surface area (Å²) in [5, 5.41) is 16.9. The fraction of sp³-hybridized carbons (Fsp3) is 0.162. The van der Waals surface area contributed by atoms with Crippen molar-refractivity contribution in [2.75, 3.05) is 5.75 Å². The molecule has 6 aromatic carbocycles. The Morgan fingerprint density at radius 3 is 2.00 bits per heavy atom. The van der Waals surface area contributed by atoms with Gasteiger partial charge < -0.3 is 4.55 Å². The van der Waals surface area contributed by atoms with Crippen molar-refractivity contribution >= 4 is 53.3 Å². The number of unbranched alkanes of at least 4 members (excludes halogenated alkanes) is 1. The monoisotopic (exact) mass is 657 g/mol. The average molecular weight is 658 g/mol. The second-order valence-corrected chi connectivity index (χ2v) is 14.3. The molecule has 0 spiro atoms. The third-order valence-corrected chi connectivity index (χ3v) is 10.6. The summed E-state index contributed by atoms with van der Waals surface area (Å²) in [6.45, 7) is 2.27. The smallest absolute Gasteiger partial charge is 0.485 e. The van der Waals surface area contributed by atoms with E-state index >= 15 is 0 Å². The van der Waals surface area contributed by atoms with E-state index in [1.54, 1.807) is 0 Å². The van der Waals surface area contributed by atoms with Crippen molar-refractivity contribution in [1.29, 1.82) is 5.26 Å². The minimum absolute atomic E-state index is 0.0961. The van der Waals surface area contributed by atoms with Gasteiger partial charge in [0, 0.05) is 22.5 Å². The molecule has 6 rings (SSSR count). The summed E-state index contributed by atoms with van der Waals surface area (Å²) in [5.41, 5.74) is -1.01. The van der Waals surface area contributed by atoms with Crippen LogP contribution in [0.2, 0.25) is 0 Å². The SMILES string of the molecule is CCCC[S+](Cc1ccc(C#N)cc1)c1cccc(-c2c3ccccc3cc3cc4ccccc4cc23)c1.O=S(=O)([O-])C(F)(F)F. The predicted molar refractivity (Wildman–Crippen MR) is 180 cm³/mol. The summed E-state index contributed by atoms with van der Waals surface area (Å²) in [7, 11) is -5.99. The Hall–Kier alpha value is -4.36. The lowest BCUT2D eigenvalue weighted by molar-refractivity contribution is -0.0517. The van der Waals surface area contributed by atoms with Gasteiger partial charge in [-0.2, -0.15) is 18.4 Å². The first-order valence-corrected chi connectivity index (χ1v) is 17.6. The van der Waals surface area contributed by atoms with Gasteiger partial charge in [0.2, 0.25) is 0 Å². The summed E-state index contributed by atoms with van der Waals surface area (Å²) < 4.78 is 58.9. The molecule has 0 radical (unpaired) electrons. The second kappa shape index (κ2) is 14.0. The molecule has 0 bridgehead atoms. The van der Waals surface area contributed by atoms with Crippen LogP contribution in [0, 0.1) is 11.3 Å². The maximum Gasteiger partial charge on any atom is 0.485 e. The molecule has 1 unspecified atom stereocenters. The van der Waals surface area contributed by atoms with Crippen LogP contribution in [-0.4, -0.2) is 24.2 Å². The van der Waals surface area contributed by atoms with E-state index in [9.17, 15) is 18.4 Å². The number of fused-ring (bicyclic) bond motifs is 3. The Labute approximate surface area is 269 Å². The Balaban J connectivity index is 0.000000463. The summed E-state index contributed by atoms with van der Waals surface area (Å²) in [5.74, 6) is 2.19. The maximum absolute atomic E-state index is 10.7. The fourth-order valence-corrected chi connectivity index (χ4v) is 7.71. The van der Waals surface area contributed by atoms with Gasteiger partial charge in [0.1, 0.15) is 11.5 Å². The molecule has 0 N–H and O–H groups in total. The summed E-state index contributed by atoms with van der Waals surface area (Å²) in [6.07, 6.45) is 2.41. The van der Waals surface area contributed by atoms with Crippen LogP contribution in [0.1, 0.15) is 30.9 Å². The van der Waals surface area contributed by atoms with Gasteiger partial charge in [0.05, 0.1) is 11.6 Å². The molecule has 6 aromatic rings. The molecule has 0 saturated heterocycles. The quantitative estimate of drug-likeness (QED) is 0.0741. The van der Waals surface area contributed by atoms with Gasteiger partial charge in [-0.05, 0) is 86.3 Å². The highest BCUT2D eigenvalue weighted by molar-refractivity contribution is 7.96. The number of hydrogen-bond acceptors (Lipinski definition) is 4. The molecule has 46 heavy (non-hydrogen) atoms. The first kappa shape index (κ1) is 33.0. The van der Waals surface area contributed by atoms with Crippen molar-refractivity contribution in [2.24, 2.45) is 0 Å². The molecular weight excluding hydrogens is 628 g/mol. The first-order chi connectivity index (χ1) is 22.0. The van der Waals surface area contributed by atoms with Crippen molar-refractivity contribution in [3.8, 4) is 17.2 Å². The van der Waals surface area contributed by atoms with E-state index in [0.29, 0.717) is 0 Å². The minimum Gasteiger partial charge on any atom is -0.741 e. The number of nitriles is 1. The zero-order chi connectivity index (χ0) is 32.9. The van der Waals surface area contributed by atoms with Gasteiger partial charge in [-0.25, -0.2) is 8.42 Å². The van der Waals surface area contributed by atoms with Gasteiger partial charge in [-0.15, -0.1) is 0 Å². The third kappa shape index (κ3) is 7.53. The van der Waals surface area contributed by atoms with E-state index in [-0.39, 0.29) is 10.9 Å². The Morgan fingerprint density at radius 2 is 1.37 bits per heavy atom. The van der Waals surface area contributed by atoms with Crippen molar-refractivity contribution in [2.45, 2.75) is 35.9 Å². The molecule has 0 heterocycles. The highest BCUT2D eigenvalue weighted by Gasteiger charge is 2.37. The van der Waals surface area contributed by atoms with E-state index in [1.807, 2.05) is 12.1 Å². The molecule has 9 heteroatoms. The number of hydrogen-bond donors (Lipinski definition) is 0. The first-order valence-electron chi connectivity index (χ1n) is 14.6. The highest BCUT2D eigenvalue weighted by Crippen LogP contribution is 2.39. The van der Waals surface area contributed by atoms with E-state index in [2.05, 4.69) is 116 Å². The van der Waals surface area contributed by atoms with Crippen molar-refractivity contribution in [3.63, 3.8) is 0 Å². The number of alkyl halides is 3.